The molecule has 32 heavy (non-hydrogen) atoms. The first-order valence-corrected chi connectivity index (χ1v) is 13.3. The van der Waals surface area contributed by atoms with Crippen LogP contribution in [0.5, 0.6) is 0 Å². The molecule has 1 fully saturated rings. The highest BCUT2D eigenvalue weighted by atomic mass is 31.2. The quantitative estimate of drug-likeness (QED) is 0.291. The minimum Gasteiger partial charge on any atom is -0.530 e. The van der Waals surface area contributed by atoms with E-state index in [1.165, 1.54) is 21.5 Å². The van der Waals surface area contributed by atoms with Gasteiger partial charge in [0.15, 0.2) is 0 Å². The Kier molecular flexibility index (Phi) is 6.00. The minimum absolute atomic E-state index is 0.367. The van der Waals surface area contributed by atoms with E-state index in [1.54, 1.807) is 0 Å². The van der Waals surface area contributed by atoms with Gasteiger partial charge < -0.3 is 4.81 Å². The summed E-state index contributed by atoms with van der Waals surface area (Å²) in [4.78, 5) is 2.56. The Morgan fingerprint density at radius 1 is 0.625 bits per heavy atom. The van der Waals surface area contributed by atoms with Gasteiger partial charge in [-0.1, -0.05) is 97.4 Å². The van der Waals surface area contributed by atoms with Crippen molar-refractivity contribution >= 4 is 30.6 Å². The fourth-order valence-electron chi connectivity index (χ4n) is 5.27. The van der Waals surface area contributed by atoms with Crippen molar-refractivity contribution in [1.82, 2.24) is 4.81 Å². The molecule has 1 saturated heterocycles. The lowest BCUT2D eigenvalue weighted by Crippen LogP contribution is -2.65. The lowest BCUT2D eigenvalue weighted by molar-refractivity contribution is 0.245. The topological polar surface area (TPSA) is 3.24 Å². The second kappa shape index (κ2) is 9.06. The molecule has 1 aliphatic rings. The molecule has 0 N–H and O–H groups in total. The van der Waals surface area contributed by atoms with Crippen molar-refractivity contribution in [1.29, 1.82) is 0 Å². The SMILES string of the molecule is C[C@@H]1[C@@H]([P+](c2ccccc2)(c2ccccc2)c2ccccc2)[B-]N1[C@@H](C)c1ccccc1. The second-order valence-corrected chi connectivity index (χ2v) is 12.2. The van der Waals surface area contributed by atoms with E-state index < -0.39 is 7.26 Å². The second-order valence-electron chi connectivity index (χ2n) is 8.64. The predicted molar refractivity (Wildman–Crippen MR) is 141 cm³/mol. The maximum absolute atomic E-state index is 2.56. The molecule has 4 aromatic carbocycles. The first kappa shape index (κ1) is 21.2. The molecule has 0 aromatic heterocycles. The Hall–Kier alpha value is -2.67. The van der Waals surface area contributed by atoms with E-state index in [9.17, 15) is 0 Å². The van der Waals surface area contributed by atoms with Crippen molar-refractivity contribution in [3.8, 4) is 0 Å². The van der Waals surface area contributed by atoms with Crippen LogP contribution in [-0.2, 0) is 0 Å². The van der Waals surface area contributed by atoms with Gasteiger partial charge in [0, 0.05) is 0 Å². The summed E-state index contributed by atoms with van der Waals surface area (Å²) in [6.07, 6.45) is 0. The van der Waals surface area contributed by atoms with Crippen molar-refractivity contribution < 1.29 is 0 Å². The first-order valence-electron chi connectivity index (χ1n) is 11.5. The average Bonchev–Trinajstić information content (AvgIpc) is 2.88. The number of nitrogens with zero attached hydrogens (tertiary/aromatic N) is 1. The third-order valence-electron chi connectivity index (χ3n) is 6.96. The third kappa shape index (κ3) is 3.53. The van der Waals surface area contributed by atoms with Crippen LogP contribution in [0.4, 0.5) is 0 Å². The van der Waals surface area contributed by atoms with Crippen LogP contribution >= 0.6 is 7.26 Å². The van der Waals surface area contributed by atoms with Gasteiger partial charge in [0.05, 0.1) is 7.26 Å². The third-order valence-corrected chi connectivity index (χ3v) is 11.8. The molecule has 1 aliphatic heterocycles. The highest BCUT2D eigenvalue weighted by Crippen LogP contribution is 2.63. The van der Waals surface area contributed by atoms with Crippen LogP contribution < -0.4 is 15.9 Å². The summed E-state index contributed by atoms with van der Waals surface area (Å²) in [6.45, 7) is 4.74. The summed E-state index contributed by atoms with van der Waals surface area (Å²) in [7, 11) is 0.651. The van der Waals surface area contributed by atoms with E-state index in [1.807, 2.05) is 0 Å². The summed E-state index contributed by atoms with van der Waals surface area (Å²) < 4.78 is 0. The molecule has 1 nitrogen and oxygen atoms in total. The van der Waals surface area contributed by atoms with E-state index in [0.717, 1.165) is 0 Å². The zero-order valence-corrected chi connectivity index (χ0v) is 19.6. The Labute approximate surface area is 193 Å². The number of rotatable bonds is 6. The van der Waals surface area contributed by atoms with Gasteiger partial charge in [-0.2, -0.15) is 7.41 Å². The van der Waals surface area contributed by atoms with Gasteiger partial charge in [-0.05, 0) is 61.0 Å². The van der Waals surface area contributed by atoms with E-state index in [4.69, 9.17) is 0 Å². The normalized spacial score (nSPS) is 19.8. The van der Waals surface area contributed by atoms with Crippen molar-refractivity contribution in [3.63, 3.8) is 0 Å². The minimum atomic E-state index is -1.88. The van der Waals surface area contributed by atoms with Crippen LogP contribution in [0.2, 0.25) is 0 Å². The van der Waals surface area contributed by atoms with Crippen LogP contribution in [0.15, 0.2) is 121 Å². The summed E-state index contributed by atoms with van der Waals surface area (Å²) in [5.41, 5.74) is 1.83. The molecule has 3 atom stereocenters. The molecule has 1 heterocycles. The highest BCUT2D eigenvalue weighted by Gasteiger charge is 2.52. The number of hydrogen-bond acceptors (Lipinski definition) is 1. The lowest BCUT2D eigenvalue weighted by atomic mass is 9.67. The summed E-state index contributed by atoms with van der Waals surface area (Å²) in [6, 6.07) is 45.3. The average molecular weight is 433 g/mol. The predicted octanol–water partition coefficient (Wildman–Crippen LogP) is 5.39. The zero-order valence-electron chi connectivity index (χ0n) is 18.8. The molecule has 3 heteroatoms. The summed E-state index contributed by atoms with van der Waals surface area (Å²) >= 11 is 0. The standard InChI is InChI=1S/C29H29BNP/c1-23(25-15-7-3-8-16-25)31-24(2)29(30-31)32(26-17-9-4-10-18-26,27-19-11-5-12-20-27)28-21-13-6-14-22-28/h3-24,29H,1-2H3/t23-,24+,29+/m0/s1. The molecule has 2 radical (unpaired) electrons. The smallest absolute Gasteiger partial charge is 0.101 e. The van der Waals surface area contributed by atoms with Crippen molar-refractivity contribution in [2.45, 2.75) is 31.5 Å². The molecular weight excluding hydrogens is 404 g/mol. The molecular formula is C29H29BNP. The Balaban J connectivity index is 1.63. The number of hydrogen-bond donors (Lipinski definition) is 0. The molecule has 0 spiro atoms. The molecule has 0 saturated carbocycles. The molecule has 158 valence electrons. The van der Waals surface area contributed by atoms with Crippen LogP contribution in [0.25, 0.3) is 0 Å². The van der Waals surface area contributed by atoms with E-state index in [2.05, 4.69) is 147 Å². The molecule has 4 aromatic rings. The molecule has 5 rings (SSSR count). The number of benzene rings is 4. The molecule has 0 unspecified atom stereocenters. The van der Waals surface area contributed by atoms with Gasteiger partial charge >= 0.3 is 0 Å². The van der Waals surface area contributed by atoms with Crippen molar-refractivity contribution in [3.05, 3.63) is 127 Å². The van der Waals surface area contributed by atoms with Gasteiger partial charge in [-0.15, -0.1) is 0 Å². The maximum Gasteiger partial charge on any atom is 0.101 e. The molecule has 0 bridgehead atoms. The van der Waals surface area contributed by atoms with Gasteiger partial charge in [-0.3, -0.25) is 0 Å². The Morgan fingerprint density at radius 3 is 1.38 bits per heavy atom. The zero-order chi connectivity index (χ0) is 22.0. The largest absolute Gasteiger partial charge is 0.530 e. The highest BCUT2D eigenvalue weighted by molar-refractivity contribution is 7.97. The molecule has 0 aliphatic carbocycles. The summed E-state index contributed by atoms with van der Waals surface area (Å²) in [5, 5.41) is 4.37. The maximum atomic E-state index is 2.56. The fourth-order valence-corrected chi connectivity index (χ4v) is 10.3. The van der Waals surface area contributed by atoms with Crippen LogP contribution in [0.3, 0.4) is 0 Å². The van der Waals surface area contributed by atoms with Gasteiger partial charge in [0.25, 0.3) is 0 Å². The van der Waals surface area contributed by atoms with Crippen molar-refractivity contribution in [2.24, 2.45) is 0 Å². The Morgan fingerprint density at radius 2 is 1.00 bits per heavy atom. The van der Waals surface area contributed by atoms with E-state index >= 15 is 0 Å². The Bertz CT molecular complexity index is 1040. The monoisotopic (exact) mass is 433 g/mol. The van der Waals surface area contributed by atoms with Gasteiger partial charge in [-0.25, -0.2) is 0 Å². The summed E-state index contributed by atoms with van der Waals surface area (Å²) in [5.74, 6) is 0. The van der Waals surface area contributed by atoms with Crippen molar-refractivity contribution in [2.75, 3.05) is 0 Å². The van der Waals surface area contributed by atoms with Crippen LogP contribution in [0.1, 0.15) is 25.5 Å². The lowest BCUT2D eigenvalue weighted by Gasteiger charge is -2.66. The van der Waals surface area contributed by atoms with Gasteiger partial charge in [0.2, 0.25) is 0 Å². The van der Waals surface area contributed by atoms with Crippen LogP contribution in [0, 0.1) is 0 Å². The fraction of sp³-hybridized carbons (Fsp3) is 0.172. The molecule has 0 amide bonds. The van der Waals surface area contributed by atoms with Gasteiger partial charge in [0.1, 0.15) is 15.9 Å². The van der Waals surface area contributed by atoms with E-state index in [-0.39, 0.29) is 0 Å². The van der Waals surface area contributed by atoms with E-state index in [0.29, 0.717) is 17.6 Å². The van der Waals surface area contributed by atoms with Crippen LogP contribution in [-0.4, -0.2) is 23.8 Å². The first-order chi connectivity index (χ1) is 15.7.